The zero-order valence-corrected chi connectivity index (χ0v) is 18.6. The Morgan fingerprint density at radius 1 is 1.21 bits per heavy atom. The maximum Gasteiger partial charge on any atom is 0.266 e. The first kappa shape index (κ1) is 21.3. The van der Waals surface area contributed by atoms with Crippen LogP contribution in [0.2, 0.25) is 5.02 Å². The van der Waals surface area contributed by atoms with Gasteiger partial charge in [0.05, 0.1) is 15.7 Å². The van der Waals surface area contributed by atoms with E-state index in [0.717, 1.165) is 22.1 Å². The quantitative estimate of drug-likeness (QED) is 0.549. The molecule has 0 radical (unpaired) electrons. The van der Waals surface area contributed by atoms with Crippen molar-refractivity contribution in [1.82, 2.24) is 14.9 Å². The largest absolute Gasteiger partial charge is 0.370 e. The molecule has 0 aliphatic rings. The van der Waals surface area contributed by atoms with E-state index < -0.39 is 0 Å². The van der Waals surface area contributed by atoms with Crippen molar-refractivity contribution < 1.29 is 4.79 Å². The molecular formula is C22H25ClN4OS. The highest BCUT2D eigenvalue weighted by atomic mass is 35.5. The van der Waals surface area contributed by atoms with Crippen molar-refractivity contribution in [1.29, 1.82) is 0 Å². The van der Waals surface area contributed by atoms with Crippen molar-refractivity contribution in [3.63, 3.8) is 0 Å². The van der Waals surface area contributed by atoms with Gasteiger partial charge in [0.15, 0.2) is 0 Å². The Kier molecular flexibility index (Phi) is 6.87. The lowest BCUT2D eigenvalue weighted by molar-refractivity contribution is 0.0710. The first-order chi connectivity index (χ1) is 13.9. The van der Waals surface area contributed by atoms with Crippen LogP contribution in [0.4, 0.5) is 5.82 Å². The topological polar surface area (TPSA) is 58.1 Å². The van der Waals surface area contributed by atoms with E-state index >= 15 is 0 Å². The summed E-state index contributed by atoms with van der Waals surface area (Å²) >= 11 is 7.33. The predicted octanol–water partition coefficient (Wildman–Crippen LogP) is 5.38. The van der Waals surface area contributed by atoms with Crippen molar-refractivity contribution in [2.24, 2.45) is 5.92 Å². The van der Waals surface area contributed by atoms with Crippen LogP contribution in [-0.2, 0) is 0 Å². The van der Waals surface area contributed by atoms with E-state index in [0.29, 0.717) is 16.4 Å². The van der Waals surface area contributed by atoms with Gasteiger partial charge >= 0.3 is 0 Å². The lowest BCUT2D eigenvalue weighted by Crippen LogP contribution is -2.41. The highest BCUT2D eigenvalue weighted by molar-refractivity contribution is 7.14. The van der Waals surface area contributed by atoms with Gasteiger partial charge in [-0.25, -0.2) is 9.97 Å². The maximum absolute atomic E-state index is 13.3. The molecule has 2 aromatic heterocycles. The van der Waals surface area contributed by atoms with Gasteiger partial charge in [0.1, 0.15) is 10.7 Å². The Labute approximate surface area is 180 Å². The normalized spacial score (nSPS) is 13.0. The summed E-state index contributed by atoms with van der Waals surface area (Å²) in [5, 5.41) is 4.80. The number of pyridine rings is 1. The molecule has 0 aliphatic carbocycles. The van der Waals surface area contributed by atoms with Gasteiger partial charge in [-0.3, -0.25) is 4.79 Å². The van der Waals surface area contributed by atoms with Crippen LogP contribution in [0.25, 0.3) is 11.3 Å². The van der Waals surface area contributed by atoms with Crippen LogP contribution in [0.1, 0.15) is 28.5 Å². The number of nitrogens with zero attached hydrogens (tertiary/aromatic N) is 3. The third-order valence-corrected chi connectivity index (χ3v) is 6.25. The average molecular weight is 429 g/mol. The third-order valence-electron chi connectivity index (χ3n) is 5.06. The summed E-state index contributed by atoms with van der Waals surface area (Å²) in [4.78, 5) is 24.6. The maximum atomic E-state index is 13.3. The average Bonchev–Trinajstić information content (AvgIpc) is 3.13. The molecule has 29 heavy (non-hydrogen) atoms. The highest BCUT2D eigenvalue weighted by Gasteiger charge is 2.26. The minimum absolute atomic E-state index is 0.00146. The molecule has 3 aromatic rings. The zero-order chi connectivity index (χ0) is 21.0. The summed E-state index contributed by atoms with van der Waals surface area (Å²) in [7, 11) is 1.86. The Morgan fingerprint density at radius 2 is 1.93 bits per heavy atom. The van der Waals surface area contributed by atoms with E-state index in [1.54, 1.807) is 17.2 Å². The molecule has 1 amide bonds. The van der Waals surface area contributed by atoms with E-state index in [4.69, 9.17) is 11.6 Å². The van der Waals surface area contributed by atoms with Crippen molar-refractivity contribution in [3.05, 3.63) is 63.6 Å². The van der Waals surface area contributed by atoms with E-state index in [9.17, 15) is 4.79 Å². The molecule has 0 saturated heterocycles. The minimum Gasteiger partial charge on any atom is -0.370 e. The fourth-order valence-electron chi connectivity index (χ4n) is 3.01. The monoisotopic (exact) mass is 428 g/mol. The van der Waals surface area contributed by atoms with Gasteiger partial charge < -0.3 is 10.2 Å². The summed E-state index contributed by atoms with van der Waals surface area (Å²) in [5.74, 6) is 0.987. The Hall–Kier alpha value is -2.44. The van der Waals surface area contributed by atoms with Gasteiger partial charge in [-0.05, 0) is 31.9 Å². The summed E-state index contributed by atoms with van der Waals surface area (Å²) in [5.41, 5.74) is 1.72. The molecule has 152 valence electrons. The molecular weight excluding hydrogens is 404 g/mol. The first-order valence-corrected chi connectivity index (χ1v) is 10.7. The van der Waals surface area contributed by atoms with Crippen LogP contribution in [0.15, 0.2) is 48.7 Å². The molecule has 2 atom stereocenters. The van der Waals surface area contributed by atoms with Crippen LogP contribution in [-0.4, -0.2) is 40.4 Å². The summed E-state index contributed by atoms with van der Waals surface area (Å²) < 4.78 is 0. The van der Waals surface area contributed by atoms with Crippen LogP contribution in [0.3, 0.4) is 0 Å². The van der Waals surface area contributed by atoms with Crippen LogP contribution in [0.5, 0.6) is 0 Å². The van der Waals surface area contributed by atoms with E-state index in [-0.39, 0.29) is 17.9 Å². The Bertz CT molecular complexity index is 959. The van der Waals surface area contributed by atoms with Gasteiger partial charge in [0.2, 0.25) is 0 Å². The van der Waals surface area contributed by atoms with Gasteiger partial charge in [-0.15, -0.1) is 11.3 Å². The van der Waals surface area contributed by atoms with E-state index in [1.807, 2.05) is 50.4 Å². The molecule has 0 aliphatic heterocycles. The van der Waals surface area contributed by atoms with Gasteiger partial charge in [0, 0.05) is 31.4 Å². The van der Waals surface area contributed by atoms with Crippen LogP contribution < -0.4 is 5.32 Å². The number of thiazole rings is 1. The van der Waals surface area contributed by atoms with Crippen molar-refractivity contribution in [3.8, 4) is 11.3 Å². The zero-order valence-electron chi connectivity index (χ0n) is 17.0. The lowest BCUT2D eigenvalue weighted by atomic mass is 10.0. The van der Waals surface area contributed by atoms with Gasteiger partial charge in [-0.2, -0.15) is 0 Å². The van der Waals surface area contributed by atoms with Gasteiger partial charge in [0.25, 0.3) is 5.91 Å². The number of hydrogen-bond acceptors (Lipinski definition) is 5. The molecule has 1 aromatic carbocycles. The lowest BCUT2D eigenvalue weighted by Gasteiger charge is -2.30. The fourth-order valence-corrected chi connectivity index (χ4v) is 4.04. The number of hydrogen-bond donors (Lipinski definition) is 1. The number of halogens is 1. The van der Waals surface area contributed by atoms with E-state index in [2.05, 4.69) is 29.1 Å². The second-order valence-electron chi connectivity index (χ2n) is 7.15. The third kappa shape index (κ3) is 5.14. The van der Waals surface area contributed by atoms with Crippen molar-refractivity contribution >= 4 is 34.7 Å². The molecule has 0 fully saturated rings. The number of amides is 1. The van der Waals surface area contributed by atoms with Crippen molar-refractivity contribution in [2.45, 2.75) is 26.8 Å². The number of aromatic nitrogens is 2. The Balaban J connectivity index is 1.70. The molecule has 3 rings (SSSR count). The number of aryl methyl sites for hydroxylation is 1. The van der Waals surface area contributed by atoms with Crippen LogP contribution in [0, 0.1) is 12.8 Å². The van der Waals surface area contributed by atoms with Crippen molar-refractivity contribution in [2.75, 3.05) is 18.9 Å². The highest BCUT2D eigenvalue weighted by Crippen LogP contribution is 2.29. The number of rotatable bonds is 7. The summed E-state index contributed by atoms with van der Waals surface area (Å²) in [6.45, 7) is 6.81. The smallest absolute Gasteiger partial charge is 0.266 e. The number of carbonyl (C=O) groups is 1. The minimum atomic E-state index is -0.00146. The molecule has 5 nitrogen and oxygen atoms in total. The van der Waals surface area contributed by atoms with Crippen LogP contribution >= 0.6 is 22.9 Å². The number of benzene rings is 1. The molecule has 2 unspecified atom stereocenters. The molecule has 0 saturated carbocycles. The van der Waals surface area contributed by atoms with E-state index in [1.165, 1.54) is 11.3 Å². The second kappa shape index (κ2) is 9.37. The van der Waals surface area contributed by atoms with Gasteiger partial charge in [-0.1, -0.05) is 48.9 Å². The molecule has 0 bridgehead atoms. The second-order valence-corrected chi connectivity index (χ2v) is 8.79. The molecule has 0 spiro atoms. The molecule has 7 heteroatoms. The SMILES string of the molecule is Cc1nc(-c2ccccc2)c(C(=O)N(C)C(C)C(C)CNc2ccc(Cl)cn2)s1. The fraction of sp³-hybridized carbons (Fsp3) is 0.318. The number of nitrogens with one attached hydrogen (secondary N) is 1. The molecule has 1 N–H and O–H groups in total. The standard InChI is InChI=1S/C22H25ClN4OS/c1-14(12-24-19-11-10-18(23)13-25-19)15(2)27(4)22(28)21-20(26-16(3)29-21)17-8-6-5-7-9-17/h5-11,13-15H,12H2,1-4H3,(H,24,25). The first-order valence-electron chi connectivity index (χ1n) is 9.52. The predicted molar refractivity (Wildman–Crippen MR) is 121 cm³/mol. The summed E-state index contributed by atoms with van der Waals surface area (Å²) in [6.07, 6.45) is 1.62. The number of carbonyl (C=O) groups excluding carboxylic acids is 1. The summed E-state index contributed by atoms with van der Waals surface area (Å²) in [6, 6.07) is 13.5. The molecule has 2 heterocycles. The number of anilines is 1. The Morgan fingerprint density at radius 3 is 2.59 bits per heavy atom.